The number of hydrogen-bond donors (Lipinski definition) is 2. The van der Waals surface area contributed by atoms with E-state index in [9.17, 15) is 28.0 Å². The zero-order chi connectivity index (χ0) is 21.7. The van der Waals surface area contributed by atoms with Crippen LogP contribution in [-0.2, 0) is 20.7 Å². The lowest BCUT2D eigenvalue weighted by Gasteiger charge is -2.17. The first-order valence-electron chi connectivity index (χ1n) is 9.18. The molecular formula is C21H18F2N2O5. The number of rotatable bonds is 7. The Morgan fingerprint density at radius 1 is 1.07 bits per heavy atom. The predicted octanol–water partition coefficient (Wildman–Crippen LogP) is 2.40. The molecule has 0 aromatic heterocycles. The summed E-state index contributed by atoms with van der Waals surface area (Å²) in [6, 6.07) is 7.36. The molecule has 9 heteroatoms. The fourth-order valence-electron chi connectivity index (χ4n) is 2.91. The summed E-state index contributed by atoms with van der Waals surface area (Å²) >= 11 is 0. The summed E-state index contributed by atoms with van der Waals surface area (Å²) in [5, 5.41) is 5.04. The van der Waals surface area contributed by atoms with Gasteiger partial charge in [-0.15, -0.1) is 0 Å². The standard InChI is InChI=1S/C21H18F2N2O5/c22-14-3-4-15(16(23)10-14)21(29)24-8-7-20(28)30-11-18(26)13-1-5-17-12(9-13)2-6-19(27)25-17/h1,3-5,9-10H,2,6-8,11H2,(H,24,29)(H,25,27). The number of esters is 1. The first kappa shape index (κ1) is 21.1. The predicted molar refractivity (Wildman–Crippen MR) is 102 cm³/mol. The maximum Gasteiger partial charge on any atom is 0.308 e. The lowest BCUT2D eigenvalue weighted by atomic mass is 9.99. The number of fused-ring (bicyclic) bond motifs is 1. The van der Waals surface area contributed by atoms with Gasteiger partial charge in [-0.2, -0.15) is 0 Å². The zero-order valence-electron chi connectivity index (χ0n) is 15.8. The topological polar surface area (TPSA) is 102 Å². The summed E-state index contributed by atoms with van der Waals surface area (Å²) in [4.78, 5) is 47.2. The van der Waals surface area contributed by atoms with Gasteiger partial charge >= 0.3 is 5.97 Å². The maximum absolute atomic E-state index is 13.5. The van der Waals surface area contributed by atoms with Crippen LogP contribution in [0.1, 0.15) is 39.1 Å². The number of nitrogens with one attached hydrogen (secondary N) is 2. The Morgan fingerprint density at radius 2 is 1.87 bits per heavy atom. The first-order valence-corrected chi connectivity index (χ1v) is 9.18. The highest BCUT2D eigenvalue weighted by Crippen LogP contribution is 2.23. The van der Waals surface area contributed by atoms with Crippen LogP contribution >= 0.6 is 0 Å². The molecule has 0 atom stereocenters. The average Bonchev–Trinajstić information content (AvgIpc) is 2.71. The lowest BCUT2D eigenvalue weighted by molar-refractivity contribution is -0.142. The molecule has 3 rings (SSSR count). The van der Waals surface area contributed by atoms with Crippen molar-refractivity contribution in [1.29, 1.82) is 0 Å². The number of ether oxygens (including phenoxy) is 1. The molecule has 0 bridgehead atoms. The number of aryl methyl sites for hydroxylation is 1. The minimum absolute atomic E-state index is 0.0789. The zero-order valence-corrected chi connectivity index (χ0v) is 15.8. The van der Waals surface area contributed by atoms with Crippen molar-refractivity contribution in [3.8, 4) is 0 Å². The summed E-state index contributed by atoms with van der Waals surface area (Å²) in [6.07, 6.45) is 0.641. The van der Waals surface area contributed by atoms with E-state index in [1.54, 1.807) is 12.1 Å². The van der Waals surface area contributed by atoms with Crippen LogP contribution in [0.5, 0.6) is 0 Å². The smallest absolute Gasteiger partial charge is 0.308 e. The highest BCUT2D eigenvalue weighted by atomic mass is 19.1. The average molecular weight is 416 g/mol. The Labute approximate surface area is 170 Å². The molecule has 0 aliphatic carbocycles. The molecule has 7 nitrogen and oxygen atoms in total. The minimum Gasteiger partial charge on any atom is -0.457 e. The number of anilines is 1. The monoisotopic (exact) mass is 416 g/mol. The van der Waals surface area contributed by atoms with Crippen LogP contribution in [0, 0.1) is 11.6 Å². The van der Waals surface area contributed by atoms with Crippen molar-refractivity contribution in [3.05, 3.63) is 64.7 Å². The molecule has 1 heterocycles. The largest absolute Gasteiger partial charge is 0.457 e. The summed E-state index contributed by atoms with van der Waals surface area (Å²) in [5.41, 5.74) is 1.51. The van der Waals surface area contributed by atoms with Crippen LogP contribution in [0.2, 0.25) is 0 Å². The Hall–Kier alpha value is -3.62. The van der Waals surface area contributed by atoms with Crippen LogP contribution in [0.25, 0.3) is 0 Å². The number of amides is 2. The van der Waals surface area contributed by atoms with E-state index in [2.05, 4.69) is 10.6 Å². The summed E-state index contributed by atoms with van der Waals surface area (Å²) in [5.74, 6) is -3.80. The van der Waals surface area contributed by atoms with Crippen molar-refractivity contribution in [2.24, 2.45) is 0 Å². The molecule has 2 amide bonds. The Morgan fingerprint density at radius 3 is 2.63 bits per heavy atom. The minimum atomic E-state index is -1.01. The summed E-state index contributed by atoms with van der Waals surface area (Å²) in [6.45, 7) is -0.605. The second-order valence-electron chi connectivity index (χ2n) is 6.63. The van der Waals surface area contributed by atoms with E-state index >= 15 is 0 Å². The van der Waals surface area contributed by atoms with Gasteiger partial charge in [0, 0.05) is 30.3 Å². The Bertz CT molecular complexity index is 1020. The van der Waals surface area contributed by atoms with Crippen molar-refractivity contribution < 1.29 is 32.7 Å². The van der Waals surface area contributed by atoms with Crippen molar-refractivity contribution in [3.63, 3.8) is 0 Å². The van der Waals surface area contributed by atoms with Crippen molar-refractivity contribution >= 4 is 29.3 Å². The first-order chi connectivity index (χ1) is 14.3. The van der Waals surface area contributed by atoms with Crippen molar-refractivity contribution in [1.82, 2.24) is 5.32 Å². The number of ketones is 1. The molecule has 0 fully saturated rings. The molecule has 0 unspecified atom stereocenters. The van der Waals surface area contributed by atoms with Gasteiger partial charge in [-0.1, -0.05) is 0 Å². The van der Waals surface area contributed by atoms with Gasteiger partial charge in [0.15, 0.2) is 12.4 Å². The van der Waals surface area contributed by atoms with Crippen LogP contribution < -0.4 is 10.6 Å². The van der Waals surface area contributed by atoms with E-state index in [1.807, 2.05) is 0 Å². The van der Waals surface area contributed by atoms with E-state index < -0.39 is 35.9 Å². The highest BCUT2D eigenvalue weighted by Gasteiger charge is 2.18. The van der Waals surface area contributed by atoms with Crippen LogP contribution in [-0.4, -0.2) is 36.7 Å². The van der Waals surface area contributed by atoms with E-state index in [0.29, 0.717) is 30.2 Å². The van der Waals surface area contributed by atoms with E-state index in [4.69, 9.17) is 4.74 Å². The molecule has 0 saturated carbocycles. The van der Waals surface area contributed by atoms with E-state index in [1.165, 1.54) is 6.07 Å². The highest BCUT2D eigenvalue weighted by molar-refractivity contribution is 6.00. The number of benzene rings is 2. The normalized spacial score (nSPS) is 12.5. The van der Waals surface area contributed by atoms with Crippen molar-refractivity contribution in [2.75, 3.05) is 18.5 Å². The van der Waals surface area contributed by atoms with Gasteiger partial charge in [0.05, 0.1) is 12.0 Å². The fraction of sp³-hybridized carbons (Fsp3) is 0.238. The SMILES string of the molecule is O=C1CCc2cc(C(=O)COC(=O)CCNC(=O)c3ccc(F)cc3F)ccc2N1. The molecule has 156 valence electrons. The molecule has 30 heavy (non-hydrogen) atoms. The summed E-state index contributed by atoms with van der Waals surface area (Å²) in [7, 11) is 0. The van der Waals surface area contributed by atoms with Gasteiger partial charge in [-0.3, -0.25) is 19.2 Å². The second-order valence-corrected chi connectivity index (χ2v) is 6.63. The fourth-order valence-corrected chi connectivity index (χ4v) is 2.91. The molecular weight excluding hydrogens is 398 g/mol. The molecule has 0 spiro atoms. The van der Waals surface area contributed by atoms with Crippen LogP contribution in [0.3, 0.4) is 0 Å². The number of carbonyl (C=O) groups excluding carboxylic acids is 4. The number of Topliss-reactive ketones (excluding diaryl/α,β-unsaturated/α-hetero) is 1. The molecule has 2 N–H and O–H groups in total. The van der Waals surface area contributed by atoms with Gasteiger partial charge in [0.2, 0.25) is 5.91 Å². The third-order valence-corrected chi connectivity index (χ3v) is 4.48. The lowest BCUT2D eigenvalue weighted by Crippen LogP contribution is -2.27. The van der Waals surface area contributed by atoms with Gasteiger partial charge in [0.25, 0.3) is 5.91 Å². The van der Waals surface area contributed by atoms with Crippen LogP contribution in [0.15, 0.2) is 36.4 Å². The maximum atomic E-state index is 13.5. The number of halogens is 2. The Kier molecular flexibility index (Phi) is 6.51. The molecule has 2 aromatic rings. The van der Waals surface area contributed by atoms with E-state index in [0.717, 1.165) is 17.7 Å². The molecule has 0 radical (unpaired) electrons. The summed E-state index contributed by atoms with van der Waals surface area (Å²) < 4.78 is 31.3. The van der Waals surface area contributed by atoms with E-state index in [-0.39, 0.29) is 24.4 Å². The Balaban J connectivity index is 1.44. The van der Waals surface area contributed by atoms with Gasteiger partial charge in [0.1, 0.15) is 11.6 Å². The second kappa shape index (κ2) is 9.25. The van der Waals surface area contributed by atoms with Gasteiger partial charge < -0.3 is 15.4 Å². The van der Waals surface area contributed by atoms with Gasteiger partial charge in [-0.05, 0) is 42.3 Å². The number of carbonyl (C=O) groups is 4. The molecule has 1 aliphatic heterocycles. The van der Waals surface area contributed by atoms with Crippen molar-refractivity contribution in [2.45, 2.75) is 19.3 Å². The third kappa shape index (κ3) is 5.25. The molecule has 1 aliphatic rings. The third-order valence-electron chi connectivity index (χ3n) is 4.48. The number of hydrogen-bond acceptors (Lipinski definition) is 5. The molecule has 0 saturated heterocycles. The quantitative estimate of drug-likeness (QED) is 0.533. The van der Waals surface area contributed by atoms with Gasteiger partial charge in [-0.25, -0.2) is 8.78 Å². The molecule has 2 aromatic carbocycles. The van der Waals surface area contributed by atoms with Crippen LogP contribution in [0.4, 0.5) is 14.5 Å².